The smallest absolute Gasteiger partial charge is 0.257 e. The van der Waals surface area contributed by atoms with Crippen LogP contribution < -0.4 is 10.1 Å². The van der Waals surface area contributed by atoms with Crippen LogP contribution in [0.1, 0.15) is 27.7 Å². The molecule has 0 aliphatic carbocycles. The van der Waals surface area contributed by atoms with Crippen molar-refractivity contribution < 1.29 is 14.1 Å². The second-order valence-corrected chi connectivity index (χ2v) is 5.51. The molecule has 106 valence electrons. The van der Waals surface area contributed by atoms with Gasteiger partial charge in [-0.05, 0) is 25.1 Å². The molecule has 1 amide bonds. The van der Waals surface area contributed by atoms with Crippen LogP contribution in [0.15, 0.2) is 33.4 Å². The number of nitrogens with one attached hydrogen (secondary N) is 1. The molecule has 1 aromatic heterocycles. The summed E-state index contributed by atoms with van der Waals surface area (Å²) in [4.78, 5) is 12.3. The topological polar surface area (TPSA) is 88.2 Å². The highest BCUT2D eigenvalue weighted by atomic mass is 79.9. The molecule has 0 spiro atoms. The van der Waals surface area contributed by atoms with Crippen LogP contribution in [0.4, 0.5) is 0 Å². The molecule has 21 heavy (non-hydrogen) atoms. The van der Waals surface area contributed by atoms with Crippen molar-refractivity contribution in [1.29, 1.82) is 5.26 Å². The molecule has 1 aliphatic heterocycles. The van der Waals surface area contributed by atoms with Crippen LogP contribution in [-0.4, -0.2) is 17.2 Å². The lowest BCUT2D eigenvalue weighted by Gasteiger charge is -2.14. The van der Waals surface area contributed by atoms with E-state index in [2.05, 4.69) is 32.5 Å². The average Bonchev–Trinajstić information content (AvgIpc) is 3.03. The van der Waals surface area contributed by atoms with Crippen molar-refractivity contribution in [2.75, 3.05) is 0 Å². The summed E-state index contributed by atoms with van der Waals surface area (Å²) < 4.78 is 11.3. The maximum atomic E-state index is 12.3. The summed E-state index contributed by atoms with van der Waals surface area (Å²) in [7, 11) is 0. The third-order valence-electron chi connectivity index (χ3n) is 3.27. The van der Waals surface area contributed by atoms with Gasteiger partial charge in [0.25, 0.3) is 5.91 Å². The lowest BCUT2D eigenvalue weighted by molar-refractivity contribution is 0.0917. The molecule has 6 nitrogen and oxygen atoms in total. The van der Waals surface area contributed by atoms with Gasteiger partial charge in [0.05, 0.1) is 6.20 Å². The maximum Gasteiger partial charge on any atom is 0.257 e. The second kappa shape index (κ2) is 5.22. The highest BCUT2D eigenvalue weighted by Crippen LogP contribution is 2.38. The number of hydrogen-bond donors (Lipinski definition) is 1. The number of carbonyl (C=O) groups excluding carboxylic acids is 1. The van der Waals surface area contributed by atoms with Crippen LogP contribution >= 0.6 is 15.9 Å². The van der Waals surface area contributed by atoms with E-state index in [-0.39, 0.29) is 5.91 Å². The number of hydrogen-bond acceptors (Lipinski definition) is 5. The predicted octanol–water partition coefficient (Wildman–Crippen LogP) is 2.50. The highest BCUT2D eigenvalue weighted by molar-refractivity contribution is 9.10. The van der Waals surface area contributed by atoms with Crippen LogP contribution in [0.25, 0.3) is 0 Å². The first-order chi connectivity index (χ1) is 10.1. The van der Waals surface area contributed by atoms with Crippen molar-refractivity contribution in [3.63, 3.8) is 0 Å². The first kappa shape index (κ1) is 13.6. The fraction of sp³-hybridized carbons (Fsp3) is 0.214. The van der Waals surface area contributed by atoms with Crippen LogP contribution in [0.3, 0.4) is 0 Å². The van der Waals surface area contributed by atoms with Gasteiger partial charge in [0, 0.05) is 10.0 Å². The average molecular weight is 348 g/mol. The molecule has 0 saturated carbocycles. The van der Waals surface area contributed by atoms with Crippen LogP contribution in [0.2, 0.25) is 0 Å². The predicted molar refractivity (Wildman–Crippen MR) is 75.6 cm³/mol. The Morgan fingerprint density at radius 1 is 1.52 bits per heavy atom. The SMILES string of the molecule is Cc1oncc1C(=O)NC1c2cc(Br)ccc2OC1C#N. The lowest BCUT2D eigenvalue weighted by atomic mass is 10.0. The van der Waals surface area contributed by atoms with E-state index < -0.39 is 12.1 Å². The van der Waals surface area contributed by atoms with Crippen molar-refractivity contribution >= 4 is 21.8 Å². The molecule has 0 fully saturated rings. The van der Waals surface area contributed by atoms with E-state index in [1.807, 2.05) is 12.1 Å². The Morgan fingerprint density at radius 3 is 3.00 bits per heavy atom. The number of nitrogens with zero attached hydrogens (tertiary/aromatic N) is 2. The molecule has 1 N–H and O–H groups in total. The summed E-state index contributed by atoms with van der Waals surface area (Å²) in [5, 5.41) is 15.6. The van der Waals surface area contributed by atoms with Crippen molar-refractivity contribution in [2.45, 2.75) is 19.1 Å². The largest absolute Gasteiger partial charge is 0.473 e. The Hall–Kier alpha value is -2.33. The number of benzene rings is 1. The lowest BCUT2D eigenvalue weighted by Crippen LogP contribution is -2.34. The molecule has 1 aliphatic rings. The van der Waals surface area contributed by atoms with Gasteiger partial charge < -0.3 is 14.6 Å². The summed E-state index contributed by atoms with van der Waals surface area (Å²) in [6, 6.07) is 6.93. The van der Waals surface area contributed by atoms with Crippen LogP contribution in [0.5, 0.6) is 5.75 Å². The van der Waals surface area contributed by atoms with Crippen molar-refractivity contribution in [2.24, 2.45) is 0 Å². The Bertz CT molecular complexity index is 750. The minimum absolute atomic E-state index is 0.343. The zero-order chi connectivity index (χ0) is 15.0. The first-order valence-electron chi connectivity index (χ1n) is 6.18. The number of nitriles is 1. The molecule has 7 heteroatoms. The zero-order valence-electron chi connectivity index (χ0n) is 11.0. The fourth-order valence-electron chi connectivity index (χ4n) is 2.23. The zero-order valence-corrected chi connectivity index (χ0v) is 12.5. The van der Waals surface area contributed by atoms with Crippen molar-refractivity contribution in [3.05, 3.63) is 45.8 Å². The van der Waals surface area contributed by atoms with Gasteiger partial charge in [0.2, 0.25) is 6.10 Å². The highest BCUT2D eigenvalue weighted by Gasteiger charge is 2.36. The third kappa shape index (κ3) is 2.38. The van der Waals surface area contributed by atoms with Gasteiger partial charge in [0.15, 0.2) is 0 Å². The Kier molecular flexibility index (Phi) is 3.39. The number of rotatable bonds is 2. The summed E-state index contributed by atoms with van der Waals surface area (Å²) in [6.45, 7) is 1.65. The normalized spacial score (nSPS) is 19.5. The minimum atomic E-state index is -0.765. The summed E-state index contributed by atoms with van der Waals surface area (Å²) >= 11 is 3.37. The van der Waals surface area contributed by atoms with Crippen molar-refractivity contribution in [3.8, 4) is 11.8 Å². The van der Waals surface area contributed by atoms with Gasteiger partial charge in [-0.15, -0.1) is 0 Å². The third-order valence-corrected chi connectivity index (χ3v) is 3.77. The quantitative estimate of drug-likeness (QED) is 0.901. The van der Waals surface area contributed by atoms with E-state index in [4.69, 9.17) is 9.26 Å². The van der Waals surface area contributed by atoms with E-state index in [1.54, 1.807) is 13.0 Å². The van der Waals surface area contributed by atoms with Gasteiger partial charge in [-0.1, -0.05) is 21.1 Å². The molecule has 2 unspecified atom stereocenters. The molecular formula is C14H10BrN3O3. The molecule has 0 radical (unpaired) electrons. The molecule has 1 aromatic carbocycles. The molecule has 3 rings (SSSR count). The molecule has 2 atom stereocenters. The number of fused-ring (bicyclic) bond motifs is 1. The standard InChI is InChI=1S/C14H10BrN3O3/c1-7-10(6-17-21-7)14(19)18-13-9-4-8(15)2-3-11(9)20-12(13)5-16/h2-4,6,12-13H,1H3,(H,18,19). The fourth-order valence-corrected chi connectivity index (χ4v) is 2.61. The van der Waals surface area contributed by atoms with E-state index in [9.17, 15) is 10.1 Å². The second-order valence-electron chi connectivity index (χ2n) is 4.60. The van der Waals surface area contributed by atoms with E-state index in [0.717, 1.165) is 10.0 Å². The number of halogens is 1. The minimum Gasteiger partial charge on any atom is -0.473 e. The number of aromatic nitrogens is 1. The molecule has 0 bridgehead atoms. The van der Waals surface area contributed by atoms with E-state index >= 15 is 0 Å². The van der Waals surface area contributed by atoms with E-state index in [0.29, 0.717) is 17.1 Å². The van der Waals surface area contributed by atoms with Gasteiger partial charge in [-0.3, -0.25) is 4.79 Å². The molecule has 2 aromatic rings. The Labute approximate surface area is 128 Å². The van der Waals surface area contributed by atoms with Crippen LogP contribution in [0, 0.1) is 18.3 Å². The molecule has 2 heterocycles. The van der Waals surface area contributed by atoms with Crippen molar-refractivity contribution in [1.82, 2.24) is 10.5 Å². The number of amides is 1. The van der Waals surface area contributed by atoms with Gasteiger partial charge in [0.1, 0.15) is 29.2 Å². The monoisotopic (exact) mass is 347 g/mol. The Morgan fingerprint density at radius 2 is 2.33 bits per heavy atom. The summed E-state index contributed by atoms with van der Waals surface area (Å²) in [6.07, 6.45) is 0.586. The molecule has 0 saturated heterocycles. The van der Waals surface area contributed by atoms with Crippen LogP contribution in [-0.2, 0) is 0 Å². The van der Waals surface area contributed by atoms with E-state index in [1.165, 1.54) is 6.20 Å². The number of ether oxygens (including phenoxy) is 1. The maximum absolute atomic E-state index is 12.3. The first-order valence-corrected chi connectivity index (χ1v) is 6.97. The number of carbonyl (C=O) groups is 1. The Balaban J connectivity index is 1.91. The van der Waals surface area contributed by atoms with Gasteiger partial charge >= 0.3 is 0 Å². The van der Waals surface area contributed by atoms with Gasteiger partial charge in [-0.2, -0.15) is 5.26 Å². The summed E-state index contributed by atoms with van der Waals surface area (Å²) in [5.41, 5.74) is 1.11. The molecular weight excluding hydrogens is 338 g/mol. The van der Waals surface area contributed by atoms with Gasteiger partial charge in [-0.25, -0.2) is 0 Å². The summed E-state index contributed by atoms with van der Waals surface area (Å²) in [5.74, 6) is 0.668. The number of aryl methyl sites for hydroxylation is 1.